The summed E-state index contributed by atoms with van der Waals surface area (Å²) in [5.41, 5.74) is 1.18. The first-order chi connectivity index (χ1) is 13.8. The molecule has 2 aromatic rings. The maximum Gasteiger partial charge on any atom is 0.194 e. The average molecular weight is 530 g/mol. The number of ether oxygens (including phenoxy) is 2. The van der Waals surface area contributed by atoms with Crippen molar-refractivity contribution >= 4 is 46.3 Å². The van der Waals surface area contributed by atoms with E-state index in [9.17, 15) is 0 Å². The Kier molecular flexibility index (Phi) is 10.6. The molecule has 1 saturated heterocycles. The van der Waals surface area contributed by atoms with Crippen molar-refractivity contribution in [3.63, 3.8) is 0 Å². The van der Waals surface area contributed by atoms with Crippen LogP contribution in [0.4, 0.5) is 5.00 Å². The number of anilines is 1. The van der Waals surface area contributed by atoms with Crippen molar-refractivity contribution in [1.82, 2.24) is 10.2 Å². The van der Waals surface area contributed by atoms with Crippen LogP contribution in [-0.4, -0.2) is 64.4 Å². The lowest BCUT2D eigenvalue weighted by Crippen LogP contribution is -2.52. The Bertz CT molecular complexity index is 734. The second-order valence-electron chi connectivity index (χ2n) is 6.67. The zero-order valence-electron chi connectivity index (χ0n) is 17.2. The van der Waals surface area contributed by atoms with Gasteiger partial charge in [0.2, 0.25) is 0 Å². The van der Waals surface area contributed by atoms with Gasteiger partial charge >= 0.3 is 0 Å². The molecule has 0 atom stereocenters. The van der Waals surface area contributed by atoms with Crippen LogP contribution in [0.2, 0.25) is 0 Å². The number of aliphatic imine (C=N–C) groups is 1. The smallest absolute Gasteiger partial charge is 0.194 e. The molecule has 6 nitrogen and oxygen atoms in total. The monoisotopic (exact) mass is 530 g/mol. The third-order valence-electron chi connectivity index (χ3n) is 4.72. The van der Waals surface area contributed by atoms with Gasteiger partial charge in [-0.3, -0.25) is 4.99 Å². The van der Waals surface area contributed by atoms with Crippen LogP contribution in [0.1, 0.15) is 12.0 Å². The number of rotatable bonds is 8. The fraction of sp³-hybridized carbons (Fsp3) is 0.476. The van der Waals surface area contributed by atoms with E-state index >= 15 is 0 Å². The molecule has 0 radical (unpaired) electrons. The Morgan fingerprint density at radius 3 is 2.66 bits per heavy atom. The molecule has 0 spiro atoms. The van der Waals surface area contributed by atoms with Gasteiger partial charge in [-0.2, -0.15) is 0 Å². The molecule has 29 heavy (non-hydrogen) atoms. The van der Waals surface area contributed by atoms with Crippen LogP contribution in [0.25, 0.3) is 0 Å². The molecule has 0 saturated carbocycles. The van der Waals surface area contributed by atoms with Crippen LogP contribution >= 0.6 is 35.3 Å². The number of hydrogen-bond acceptors (Lipinski definition) is 5. The van der Waals surface area contributed by atoms with E-state index in [-0.39, 0.29) is 24.0 Å². The van der Waals surface area contributed by atoms with Gasteiger partial charge in [0, 0.05) is 59.9 Å². The number of guanidine groups is 1. The average Bonchev–Trinajstić information content (AvgIpc) is 3.27. The van der Waals surface area contributed by atoms with Crippen molar-refractivity contribution in [3.05, 3.63) is 47.3 Å². The molecule has 2 heterocycles. The molecule has 1 N–H and O–H groups in total. The molecule has 0 bridgehead atoms. The molecule has 0 unspecified atom stereocenters. The molecule has 0 amide bonds. The molecule has 1 aromatic carbocycles. The van der Waals surface area contributed by atoms with Crippen LogP contribution in [0.5, 0.6) is 5.75 Å². The van der Waals surface area contributed by atoms with Crippen LogP contribution < -0.4 is 15.0 Å². The fourth-order valence-electron chi connectivity index (χ4n) is 3.24. The summed E-state index contributed by atoms with van der Waals surface area (Å²) < 4.78 is 10.8. The quantitative estimate of drug-likeness (QED) is 0.244. The van der Waals surface area contributed by atoms with Gasteiger partial charge < -0.3 is 24.6 Å². The number of nitrogens with one attached hydrogen (secondary N) is 1. The summed E-state index contributed by atoms with van der Waals surface area (Å²) in [6.07, 6.45) is 0.892. The zero-order chi connectivity index (χ0) is 19.6. The standard InChI is InChI=1S/C21H30N4O2S.HI/c1-22-21(25-11-9-24(10-12-25)20-8-4-15-28-20)23-17-18-6-3-7-19(16-18)27-14-5-13-26-2;/h3-4,6-8,15-16H,5,9-14,17H2,1-2H3,(H,22,23);1H. The number of methoxy groups -OCH3 is 1. The first kappa shape index (κ1) is 23.8. The largest absolute Gasteiger partial charge is 0.493 e. The molecular weight excluding hydrogens is 499 g/mol. The number of piperazine rings is 1. The minimum absolute atomic E-state index is 0. The molecule has 3 rings (SSSR count). The highest BCUT2D eigenvalue weighted by atomic mass is 127. The second-order valence-corrected chi connectivity index (χ2v) is 7.59. The van der Waals surface area contributed by atoms with Crippen molar-refractivity contribution in [2.45, 2.75) is 13.0 Å². The van der Waals surface area contributed by atoms with Gasteiger partial charge in [-0.15, -0.1) is 35.3 Å². The van der Waals surface area contributed by atoms with Gasteiger partial charge in [0.1, 0.15) is 5.75 Å². The van der Waals surface area contributed by atoms with Gasteiger partial charge in [0.15, 0.2) is 5.96 Å². The Labute approximate surface area is 194 Å². The SMILES string of the molecule is CN=C(NCc1cccc(OCCCOC)c1)N1CCN(c2cccs2)CC1.I. The number of benzene rings is 1. The highest BCUT2D eigenvalue weighted by molar-refractivity contribution is 14.0. The van der Waals surface area contributed by atoms with E-state index in [0.29, 0.717) is 6.61 Å². The van der Waals surface area contributed by atoms with Gasteiger partial charge in [-0.1, -0.05) is 12.1 Å². The fourth-order valence-corrected chi connectivity index (χ4v) is 4.03. The van der Waals surface area contributed by atoms with E-state index in [2.05, 4.69) is 49.8 Å². The van der Waals surface area contributed by atoms with Crippen LogP contribution in [0, 0.1) is 0 Å². The molecule has 1 aliphatic heterocycles. The molecule has 160 valence electrons. The summed E-state index contributed by atoms with van der Waals surface area (Å²) in [4.78, 5) is 9.25. The predicted molar refractivity (Wildman–Crippen MR) is 132 cm³/mol. The van der Waals surface area contributed by atoms with E-state index in [1.807, 2.05) is 19.2 Å². The highest BCUT2D eigenvalue weighted by Crippen LogP contribution is 2.22. The third-order valence-corrected chi connectivity index (χ3v) is 5.65. The van der Waals surface area contributed by atoms with Crippen LogP contribution in [-0.2, 0) is 11.3 Å². The Balaban J connectivity index is 0.00000300. The van der Waals surface area contributed by atoms with Crippen molar-refractivity contribution in [1.29, 1.82) is 0 Å². The van der Waals surface area contributed by atoms with Gasteiger partial charge in [0.05, 0.1) is 11.6 Å². The summed E-state index contributed by atoms with van der Waals surface area (Å²) in [5.74, 6) is 1.85. The van der Waals surface area contributed by atoms with Crippen molar-refractivity contribution in [2.24, 2.45) is 4.99 Å². The molecule has 8 heteroatoms. The van der Waals surface area contributed by atoms with Crippen LogP contribution in [0.3, 0.4) is 0 Å². The minimum atomic E-state index is 0. The summed E-state index contributed by atoms with van der Waals surface area (Å²) >= 11 is 1.80. The van der Waals surface area contributed by atoms with Gasteiger partial charge in [0.25, 0.3) is 0 Å². The normalized spacial score (nSPS) is 14.5. The van der Waals surface area contributed by atoms with E-state index < -0.39 is 0 Å². The summed E-state index contributed by atoms with van der Waals surface area (Å²) in [6, 6.07) is 12.5. The van der Waals surface area contributed by atoms with Gasteiger partial charge in [-0.25, -0.2) is 0 Å². The highest BCUT2D eigenvalue weighted by Gasteiger charge is 2.20. The van der Waals surface area contributed by atoms with Crippen molar-refractivity contribution in [3.8, 4) is 5.75 Å². The van der Waals surface area contributed by atoms with E-state index in [4.69, 9.17) is 9.47 Å². The molecular formula is C21H31IN4O2S. The van der Waals surface area contributed by atoms with Gasteiger partial charge in [-0.05, 0) is 35.2 Å². The number of thiophene rings is 1. The van der Waals surface area contributed by atoms with E-state index in [0.717, 1.165) is 57.5 Å². The number of nitrogens with zero attached hydrogens (tertiary/aromatic N) is 3. The van der Waals surface area contributed by atoms with Crippen molar-refractivity contribution < 1.29 is 9.47 Å². The topological polar surface area (TPSA) is 49.3 Å². The minimum Gasteiger partial charge on any atom is -0.493 e. The molecule has 0 aliphatic carbocycles. The first-order valence-corrected chi connectivity index (χ1v) is 10.6. The number of hydrogen-bond donors (Lipinski definition) is 1. The molecule has 1 fully saturated rings. The van der Waals surface area contributed by atoms with E-state index in [1.165, 1.54) is 10.6 Å². The Morgan fingerprint density at radius 2 is 1.97 bits per heavy atom. The Hall–Kier alpha value is -1.52. The zero-order valence-corrected chi connectivity index (χ0v) is 20.3. The maximum absolute atomic E-state index is 5.79. The van der Waals surface area contributed by atoms with Crippen LogP contribution in [0.15, 0.2) is 46.8 Å². The maximum atomic E-state index is 5.79. The van der Waals surface area contributed by atoms with E-state index in [1.54, 1.807) is 18.4 Å². The second kappa shape index (κ2) is 12.9. The lowest BCUT2D eigenvalue weighted by atomic mass is 10.2. The lowest BCUT2D eigenvalue weighted by Gasteiger charge is -2.37. The Morgan fingerprint density at radius 1 is 1.14 bits per heavy atom. The summed E-state index contributed by atoms with van der Waals surface area (Å²) in [6.45, 7) is 6.10. The summed E-state index contributed by atoms with van der Waals surface area (Å²) in [7, 11) is 3.56. The third kappa shape index (κ3) is 7.35. The first-order valence-electron chi connectivity index (χ1n) is 9.75. The van der Waals surface area contributed by atoms with Crippen molar-refractivity contribution in [2.75, 3.05) is 58.5 Å². The number of halogens is 1. The lowest BCUT2D eigenvalue weighted by molar-refractivity contribution is 0.172. The molecule has 1 aromatic heterocycles. The molecule has 1 aliphatic rings. The summed E-state index contributed by atoms with van der Waals surface area (Å²) in [5, 5.41) is 6.98. The predicted octanol–water partition coefficient (Wildman–Crippen LogP) is 3.68.